The number of aromatic nitrogens is 2. The van der Waals surface area contributed by atoms with Crippen molar-refractivity contribution in [3.8, 4) is 0 Å². The summed E-state index contributed by atoms with van der Waals surface area (Å²) in [6, 6.07) is 27.7. The summed E-state index contributed by atoms with van der Waals surface area (Å²) in [5.41, 5.74) is 21.6. The van der Waals surface area contributed by atoms with E-state index in [0.29, 0.717) is 63.2 Å². The smallest absolute Gasteiger partial charge is 0.250 e. The fraction of sp³-hybridized carbons (Fsp3) is 0.306. The second-order valence-corrected chi connectivity index (χ2v) is 23.6. The normalized spacial score (nSPS) is 17.9. The summed E-state index contributed by atoms with van der Waals surface area (Å²) in [5, 5.41) is 18.6. The molecule has 2 fully saturated rings. The molecule has 2 saturated heterocycles. The van der Waals surface area contributed by atoms with Crippen molar-refractivity contribution in [2.45, 2.75) is 108 Å². The molecule has 9 N–H and O–H groups in total. The van der Waals surface area contributed by atoms with Crippen LogP contribution in [0.1, 0.15) is 72.9 Å². The van der Waals surface area contributed by atoms with Crippen LogP contribution in [0.5, 0.6) is 0 Å². The van der Waals surface area contributed by atoms with Crippen LogP contribution in [0.3, 0.4) is 0 Å². The van der Waals surface area contributed by atoms with Gasteiger partial charge >= 0.3 is 0 Å². The van der Waals surface area contributed by atoms with Gasteiger partial charge in [0.1, 0.15) is 18.1 Å². The molecule has 2 unspecified atom stereocenters. The number of para-hydroxylation sites is 4. The van der Waals surface area contributed by atoms with E-state index in [1.807, 2.05) is 131 Å². The van der Waals surface area contributed by atoms with Gasteiger partial charge in [0.05, 0.1) is 47.4 Å². The molecule has 0 saturated carbocycles. The number of hydrogen-bond donors (Lipinski definition) is 7. The Hall–Kier alpha value is -8.43. The van der Waals surface area contributed by atoms with Crippen LogP contribution in [-0.2, 0) is 72.3 Å². The van der Waals surface area contributed by atoms with Gasteiger partial charge in [-0.3, -0.25) is 33.6 Å². The predicted octanol–water partition coefficient (Wildman–Crippen LogP) is 6.90. The minimum Gasteiger partial charge on any atom is -0.361 e. The molecule has 422 valence electrons. The molecule has 8 aromatic rings. The Kier molecular flexibility index (Phi) is 15.9. The third-order valence-corrected chi connectivity index (χ3v) is 17.1. The Morgan fingerprint density at radius 3 is 1.56 bits per heavy atom. The number of nitrogens with two attached hydrogens (primary N) is 2. The number of nitrogens with zero attached hydrogens (tertiary/aromatic N) is 4. The van der Waals surface area contributed by atoms with Crippen molar-refractivity contribution in [1.29, 1.82) is 0 Å². The summed E-state index contributed by atoms with van der Waals surface area (Å²) in [4.78, 5) is 107. The summed E-state index contributed by atoms with van der Waals surface area (Å²) < 4.78 is 0. The number of hydrogen-bond acceptors (Lipinski definition) is 11. The first kappa shape index (κ1) is 55.5. The van der Waals surface area contributed by atoms with Crippen molar-refractivity contribution in [2.24, 2.45) is 11.5 Å². The highest BCUT2D eigenvalue weighted by atomic mass is 32.1. The van der Waals surface area contributed by atoms with Crippen LogP contribution in [0, 0.1) is 0 Å². The third kappa shape index (κ3) is 11.6. The first-order valence-electron chi connectivity index (χ1n) is 27.6. The van der Waals surface area contributed by atoms with E-state index < -0.39 is 41.5 Å². The number of H-pyrrole nitrogens is 2. The highest BCUT2D eigenvalue weighted by molar-refractivity contribution is 7.08. The largest absolute Gasteiger partial charge is 0.361 e. The van der Waals surface area contributed by atoms with Crippen LogP contribution in [0.15, 0.2) is 131 Å². The zero-order chi connectivity index (χ0) is 57.2. The van der Waals surface area contributed by atoms with Crippen molar-refractivity contribution in [1.82, 2.24) is 25.9 Å². The van der Waals surface area contributed by atoms with Crippen LogP contribution < -0.4 is 47.0 Å². The van der Waals surface area contributed by atoms with Gasteiger partial charge in [-0.25, -0.2) is 0 Å². The van der Waals surface area contributed by atoms with Gasteiger partial charge in [-0.15, -0.1) is 0 Å². The lowest BCUT2D eigenvalue weighted by atomic mass is 9.94. The summed E-state index contributed by atoms with van der Waals surface area (Å²) in [6.07, 6.45) is 7.42. The van der Waals surface area contributed by atoms with E-state index in [0.717, 1.165) is 79.4 Å². The van der Waals surface area contributed by atoms with E-state index in [-0.39, 0.29) is 42.4 Å². The Morgan fingerprint density at radius 1 is 0.634 bits per heavy atom. The number of nitrogens with one attached hydrogen (secondary N) is 5. The van der Waals surface area contributed by atoms with Gasteiger partial charge < -0.3 is 57.0 Å². The number of benzene rings is 4. The number of amides is 7. The molecule has 4 atom stereocenters. The van der Waals surface area contributed by atoms with Crippen LogP contribution in [-0.4, -0.2) is 94.1 Å². The first-order valence-corrected chi connectivity index (χ1v) is 29.5. The maximum atomic E-state index is 14.2. The van der Waals surface area contributed by atoms with E-state index in [9.17, 15) is 33.6 Å². The molecule has 0 aliphatic carbocycles. The average molecular weight is 1140 g/mol. The summed E-state index contributed by atoms with van der Waals surface area (Å²) in [6.45, 7) is 5.06. The number of carbonyl (C=O) groups excluding carboxylic acids is 7. The summed E-state index contributed by atoms with van der Waals surface area (Å²) in [7, 11) is 0. The van der Waals surface area contributed by atoms with Gasteiger partial charge in [-0.2, -0.15) is 22.7 Å². The molecule has 8 heterocycles. The molecule has 4 aromatic carbocycles. The average Bonchev–Trinajstić information content (AvgIpc) is 4.55. The van der Waals surface area contributed by atoms with Gasteiger partial charge in [-0.1, -0.05) is 60.7 Å². The minimum atomic E-state index is -1.21. The number of carbonyl (C=O) groups is 7. The van der Waals surface area contributed by atoms with Crippen molar-refractivity contribution < 1.29 is 33.6 Å². The van der Waals surface area contributed by atoms with Gasteiger partial charge in [0.15, 0.2) is 0 Å². The molecule has 4 aliphatic heterocycles. The van der Waals surface area contributed by atoms with Crippen LogP contribution in [0.25, 0.3) is 21.8 Å². The molecule has 0 spiro atoms. The number of anilines is 4. The lowest BCUT2D eigenvalue weighted by Crippen LogP contribution is -2.60. The molecule has 82 heavy (non-hydrogen) atoms. The fourth-order valence-corrected chi connectivity index (χ4v) is 12.8. The number of thiophene rings is 2. The Labute approximate surface area is 482 Å². The molecular formula is C62H65N11O7S2. The van der Waals surface area contributed by atoms with E-state index in [4.69, 9.17) is 11.5 Å². The summed E-state index contributed by atoms with van der Waals surface area (Å²) >= 11 is 3.11. The lowest BCUT2D eigenvalue weighted by molar-refractivity contribution is -0.133. The minimum absolute atomic E-state index is 0.0375. The van der Waals surface area contributed by atoms with E-state index in [2.05, 4.69) is 25.9 Å². The van der Waals surface area contributed by atoms with E-state index >= 15 is 0 Å². The molecule has 0 radical (unpaired) electrons. The fourth-order valence-electron chi connectivity index (χ4n) is 11.5. The second kappa shape index (κ2) is 23.6. The van der Waals surface area contributed by atoms with Crippen molar-refractivity contribution in [2.75, 3.05) is 32.7 Å². The zero-order valence-electron chi connectivity index (χ0n) is 45.6. The van der Waals surface area contributed by atoms with Crippen LogP contribution in [0.2, 0.25) is 0 Å². The molecule has 4 aliphatic rings. The van der Waals surface area contributed by atoms with Gasteiger partial charge in [0.25, 0.3) is 0 Å². The number of fused-ring (bicyclic) bond motifs is 4. The van der Waals surface area contributed by atoms with Crippen LogP contribution in [0.4, 0.5) is 22.7 Å². The Morgan fingerprint density at radius 2 is 1.11 bits per heavy atom. The molecular weight excluding hydrogens is 1070 g/mol. The highest BCUT2D eigenvalue weighted by Crippen LogP contribution is 2.42. The maximum absolute atomic E-state index is 14.2. The molecule has 18 nitrogen and oxygen atoms in total. The van der Waals surface area contributed by atoms with Gasteiger partial charge in [0.2, 0.25) is 41.4 Å². The summed E-state index contributed by atoms with van der Waals surface area (Å²) in [5.74, 6) is -1.68. The highest BCUT2D eigenvalue weighted by Gasteiger charge is 2.41. The van der Waals surface area contributed by atoms with Gasteiger partial charge in [0, 0.05) is 79.4 Å². The maximum Gasteiger partial charge on any atom is 0.250 e. The van der Waals surface area contributed by atoms with Crippen molar-refractivity contribution in [3.63, 3.8) is 0 Å². The molecule has 4 aromatic heterocycles. The molecule has 0 bridgehead atoms. The first-order chi connectivity index (χ1) is 39.6. The van der Waals surface area contributed by atoms with Crippen molar-refractivity contribution >= 4 is 109 Å². The van der Waals surface area contributed by atoms with Gasteiger partial charge in [-0.05, 0) is 124 Å². The molecule has 12 rings (SSSR count). The third-order valence-electron chi connectivity index (χ3n) is 15.7. The number of rotatable bonds is 16. The Balaban J connectivity index is 0.000000174. The Bertz CT molecular complexity index is 3720. The predicted molar refractivity (Wildman–Crippen MR) is 321 cm³/mol. The molecule has 20 heteroatoms. The standard InChI is InChI=1S/C33H36N6O4S.C29H29N5O3S/c1-33(2,34)32(43)37-25(16-22-17-35-24-9-4-3-8-23(22)24)30(41)36-26-15-21-7-5-10-27(38-13-6-11-28(38)40)29(21)39(31(26)42)18-20-12-14-44-19-20;30-22(13-20-15-31-23-7-2-1-6-21(20)23)28(36)32-24-14-19-5-3-8-25(33-11-4-9-26(33)35)27(19)34(29(24)37)16-18-10-12-38-17-18/h3-5,7-10,12,14,17,19,25-26,35H,6,11,13,15-16,18,34H2,1-2H3,(H,36,41)(H,37,43);1-3,5-8,10,12,15,17,22,24,31H,4,9,11,13-14,16,30H2,(H,32,36)/t25-,26?;22-,24?/m11/s1. The molecule has 7 amide bonds. The van der Waals surface area contributed by atoms with E-state index in [1.54, 1.807) is 56.1 Å². The SMILES string of the molecule is CC(C)(N)C(=O)N[C@H](Cc1c[nH]c2ccccc12)C(=O)NC1Cc2cccc(N3CCCC3=O)c2N(Cc2ccsc2)C1=O.N[C@H](Cc1c[nH]c2ccccc12)C(=O)NC1Cc2cccc(N3CCCC3=O)c2N(Cc2ccsc2)C1=O. The van der Waals surface area contributed by atoms with Crippen LogP contribution >= 0.6 is 22.7 Å². The second-order valence-electron chi connectivity index (χ2n) is 22.0. The quantitative estimate of drug-likeness (QED) is 0.0531. The topological polar surface area (TPSA) is 252 Å². The zero-order valence-corrected chi connectivity index (χ0v) is 47.2. The monoisotopic (exact) mass is 1140 g/mol. The van der Waals surface area contributed by atoms with Crippen molar-refractivity contribution in [3.05, 3.63) is 164 Å². The van der Waals surface area contributed by atoms with E-state index in [1.165, 1.54) is 0 Å². The lowest BCUT2D eigenvalue weighted by Gasteiger charge is -2.37. The number of aromatic amines is 2.